The lowest BCUT2D eigenvalue weighted by molar-refractivity contribution is -0.149. The number of rotatable bonds is 4. The highest BCUT2D eigenvalue weighted by Crippen LogP contribution is 2.28. The van der Waals surface area contributed by atoms with Gasteiger partial charge in [0.25, 0.3) is 5.91 Å². The molecule has 2 heterocycles. The fourth-order valence-electron chi connectivity index (χ4n) is 3.73. The Labute approximate surface area is 160 Å². The number of likely N-dealkylation sites (tertiary alicyclic amines) is 1. The number of piperidine rings is 1. The standard InChI is InChI=1S/C21H25N3O3/c1-2-27-21(26)17-9-12-23(13-10-17)15-18(14-22)20(25)24-11-5-7-16-6-3-4-8-19(16)24/h3-4,6,8,15,17H,2,5,7,9-13H2,1H3/b18-15-. The van der Waals surface area contributed by atoms with Crippen molar-refractivity contribution in [3.8, 4) is 6.07 Å². The number of carbonyl (C=O) groups excluding carboxylic acids is 2. The molecule has 0 aromatic heterocycles. The van der Waals surface area contributed by atoms with E-state index in [9.17, 15) is 14.9 Å². The van der Waals surface area contributed by atoms with Gasteiger partial charge in [0.15, 0.2) is 0 Å². The molecule has 1 aromatic carbocycles. The van der Waals surface area contributed by atoms with Gasteiger partial charge in [-0.3, -0.25) is 9.59 Å². The van der Waals surface area contributed by atoms with Crippen molar-refractivity contribution in [3.05, 3.63) is 41.6 Å². The van der Waals surface area contributed by atoms with Gasteiger partial charge in [-0.1, -0.05) is 18.2 Å². The quantitative estimate of drug-likeness (QED) is 0.465. The minimum Gasteiger partial charge on any atom is -0.466 e. The van der Waals surface area contributed by atoms with Gasteiger partial charge >= 0.3 is 5.97 Å². The van der Waals surface area contributed by atoms with Gasteiger partial charge in [0.2, 0.25) is 0 Å². The van der Waals surface area contributed by atoms with Crippen LogP contribution in [0.25, 0.3) is 0 Å². The summed E-state index contributed by atoms with van der Waals surface area (Å²) in [5, 5.41) is 9.55. The molecular formula is C21H25N3O3. The summed E-state index contributed by atoms with van der Waals surface area (Å²) in [7, 11) is 0. The fourth-order valence-corrected chi connectivity index (χ4v) is 3.73. The predicted molar refractivity (Wildman–Crippen MR) is 102 cm³/mol. The monoisotopic (exact) mass is 367 g/mol. The highest BCUT2D eigenvalue weighted by atomic mass is 16.5. The van der Waals surface area contributed by atoms with Gasteiger partial charge in [-0.25, -0.2) is 0 Å². The van der Waals surface area contributed by atoms with E-state index in [0.717, 1.165) is 24.1 Å². The molecule has 0 atom stereocenters. The molecule has 0 N–H and O–H groups in total. The number of amides is 1. The number of nitriles is 1. The lowest BCUT2D eigenvalue weighted by Gasteiger charge is -2.31. The second kappa shape index (κ2) is 8.72. The molecular weight excluding hydrogens is 342 g/mol. The number of esters is 1. The first-order chi connectivity index (χ1) is 13.1. The van der Waals surface area contributed by atoms with E-state index >= 15 is 0 Å². The van der Waals surface area contributed by atoms with E-state index in [2.05, 4.69) is 6.07 Å². The van der Waals surface area contributed by atoms with Crippen LogP contribution in [-0.2, 0) is 20.7 Å². The van der Waals surface area contributed by atoms with Gasteiger partial charge in [0, 0.05) is 31.5 Å². The molecule has 0 radical (unpaired) electrons. The van der Waals surface area contributed by atoms with Crippen molar-refractivity contribution in [2.24, 2.45) is 5.92 Å². The molecule has 27 heavy (non-hydrogen) atoms. The first kappa shape index (κ1) is 19.0. The third-order valence-electron chi connectivity index (χ3n) is 5.17. The predicted octanol–water partition coefficient (Wildman–Crippen LogP) is 2.65. The van der Waals surface area contributed by atoms with Crippen molar-refractivity contribution in [2.75, 3.05) is 31.1 Å². The van der Waals surface area contributed by atoms with Crippen LogP contribution in [0.5, 0.6) is 0 Å². The van der Waals surface area contributed by atoms with Gasteiger partial charge < -0.3 is 14.5 Å². The number of hydrogen-bond acceptors (Lipinski definition) is 5. The van der Waals surface area contributed by atoms with Gasteiger partial charge in [-0.2, -0.15) is 5.26 Å². The van der Waals surface area contributed by atoms with Crippen LogP contribution in [0.2, 0.25) is 0 Å². The Kier molecular flexibility index (Phi) is 6.12. The van der Waals surface area contributed by atoms with Gasteiger partial charge in [0.05, 0.1) is 12.5 Å². The minimum absolute atomic E-state index is 0.0928. The minimum atomic E-state index is -0.253. The van der Waals surface area contributed by atoms with Crippen molar-refractivity contribution in [1.82, 2.24) is 4.90 Å². The second-order valence-electron chi connectivity index (χ2n) is 6.91. The number of benzene rings is 1. The van der Waals surface area contributed by atoms with E-state index in [4.69, 9.17) is 4.74 Å². The SMILES string of the molecule is CCOC(=O)C1CCN(/C=C(/C#N)C(=O)N2CCCc3ccccc32)CC1. The largest absolute Gasteiger partial charge is 0.466 e. The molecule has 0 unspecified atom stereocenters. The number of fused-ring (bicyclic) bond motifs is 1. The maximum Gasteiger partial charge on any atom is 0.309 e. The summed E-state index contributed by atoms with van der Waals surface area (Å²) in [5.74, 6) is -0.496. The Morgan fingerprint density at radius 3 is 2.70 bits per heavy atom. The summed E-state index contributed by atoms with van der Waals surface area (Å²) in [4.78, 5) is 28.5. The van der Waals surface area contributed by atoms with Crippen LogP contribution in [0.3, 0.4) is 0 Å². The highest BCUT2D eigenvalue weighted by Gasteiger charge is 2.28. The normalized spacial score (nSPS) is 17.9. The van der Waals surface area contributed by atoms with Crippen molar-refractivity contribution in [2.45, 2.75) is 32.6 Å². The van der Waals surface area contributed by atoms with Crippen molar-refractivity contribution < 1.29 is 14.3 Å². The lowest BCUT2D eigenvalue weighted by atomic mass is 9.97. The third-order valence-corrected chi connectivity index (χ3v) is 5.17. The molecule has 6 nitrogen and oxygen atoms in total. The average molecular weight is 367 g/mol. The molecule has 0 saturated carbocycles. The lowest BCUT2D eigenvalue weighted by Crippen LogP contribution is -2.38. The fraction of sp³-hybridized carbons (Fsp3) is 0.476. The maximum absolute atomic E-state index is 13.0. The summed E-state index contributed by atoms with van der Waals surface area (Å²) >= 11 is 0. The molecule has 1 aromatic rings. The number of aryl methyl sites for hydroxylation is 1. The molecule has 1 saturated heterocycles. The Balaban J connectivity index is 1.68. The van der Waals surface area contributed by atoms with Gasteiger partial charge in [-0.05, 0) is 44.2 Å². The molecule has 1 fully saturated rings. The van der Waals surface area contributed by atoms with Crippen molar-refractivity contribution in [1.29, 1.82) is 5.26 Å². The van der Waals surface area contributed by atoms with Crippen LogP contribution in [0.4, 0.5) is 5.69 Å². The average Bonchev–Trinajstić information content (AvgIpc) is 2.71. The Morgan fingerprint density at radius 2 is 2.00 bits per heavy atom. The number of hydrogen-bond donors (Lipinski definition) is 0. The Morgan fingerprint density at radius 1 is 1.26 bits per heavy atom. The van der Waals surface area contributed by atoms with E-state index in [0.29, 0.717) is 39.1 Å². The van der Waals surface area contributed by atoms with E-state index in [1.165, 1.54) is 0 Å². The number of anilines is 1. The number of para-hydroxylation sites is 1. The van der Waals surface area contributed by atoms with Crippen LogP contribution in [0.15, 0.2) is 36.0 Å². The summed E-state index contributed by atoms with van der Waals surface area (Å²) in [5.41, 5.74) is 2.18. The zero-order chi connectivity index (χ0) is 19.2. The number of carbonyl (C=O) groups is 2. The van der Waals surface area contributed by atoms with E-state index in [1.54, 1.807) is 18.0 Å². The van der Waals surface area contributed by atoms with Gasteiger partial charge in [-0.15, -0.1) is 0 Å². The highest BCUT2D eigenvalue weighted by molar-refractivity contribution is 6.08. The molecule has 1 amide bonds. The number of nitrogens with zero attached hydrogens (tertiary/aromatic N) is 3. The number of ether oxygens (including phenoxy) is 1. The van der Waals surface area contributed by atoms with Crippen LogP contribution in [-0.4, -0.2) is 43.0 Å². The van der Waals surface area contributed by atoms with Crippen LogP contribution in [0, 0.1) is 17.2 Å². The van der Waals surface area contributed by atoms with Crippen molar-refractivity contribution >= 4 is 17.6 Å². The molecule has 6 heteroatoms. The maximum atomic E-state index is 13.0. The Bertz CT molecular complexity index is 773. The molecule has 3 rings (SSSR count). The molecule has 0 bridgehead atoms. The second-order valence-corrected chi connectivity index (χ2v) is 6.91. The van der Waals surface area contributed by atoms with Gasteiger partial charge in [0.1, 0.15) is 11.6 Å². The van der Waals surface area contributed by atoms with Crippen LogP contribution in [0.1, 0.15) is 31.7 Å². The summed E-state index contributed by atoms with van der Waals surface area (Å²) in [6, 6.07) is 9.93. The first-order valence-corrected chi connectivity index (χ1v) is 9.56. The molecule has 2 aliphatic rings. The molecule has 2 aliphatic heterocycles. The third kappa shape index (κ3) is 4.30. The smallest absolute Gasteiger partial charge is 0.309 e. The summed E-state index contributed by atoms with van der Waals surface area (Å²) in [6.45, 7) is 4.10. The Hall–Kier alpha value is -2.81. The van der Waals surface area contributed by atoms with Crippen molar-refractivity contribution in [3.63, 3.8) is 0 Å². The zero-order valence-corrected chi connectivity index (χ0v) is 15.7. The van der Waals surface area contributed by atoms with E-state index in [-0.39, 0.29) is 23.4 Å². The zero-order valence-electron chi connectivity index (χ0n) is 15.7. The summed E-state index contributed by atoms with van der Waals surface area (Å²) in [6.07, 6.45) is 4.85. The van der Waals surface area contributed by atoms with E-state index in [1.807, 2.05) is 29.2 Å². The van der Waals surface area contributed by atoms with Crippen LogP contribution >= 0.6 is 0 Å². The molecule has 0 aliphatic carbocycles. The summed E-state index contributed by atoms with van der Waals surface area (Å²) < 4.78 is 5.08. The van der Waals surface area contributed by atoms with Crippen LogP contribution < -0.4 is 4.90 Å². The first-order valence-electron chi connectivity index (χ1n) is 9.56. The molecule has 142 valence electrons. The topological polar surface area (TPSA) is 73.6 Å². The molecule has 0 spiro atoms. The van der Waals surface area contributed by atoms with E-state index < -0.39 is 0 Å².